The second-order valence-electron chi connectivity index (χ2n) is 4.02. The summed E-state index contributed by atoms with van der Waals surface area (Å²) < 4.78 is 40.6. The number of carbonyl (C=O) groups is 1. The molecule has 0 aliphatic rings. The van der Waals surface area contributed by atoms with E-state index in [0.717, 1.165) is 6.07 Å². The van der Waals surface area contributed by atoms with Crippen molar-refractivity contribution >= 4 is 17.7 Å². The maximum Gasteiger partial charge on any atom is 0.573 e. The minimum absolute atomic E-state index is 0.163. The van der Waals surface area contributed by atoms with Gasteiger partial charge in [-0.05, 0) is 24.6 Å². The third kappa shape index (κ3) is 6.12. The van der Waals surface area contributed by atoms with E-state index in [2.05, 4.69) is 10.1 Å². The molecule has 0 aromatic heterocycles. The molecule has 0 heterocycles. The third-order valence-electron chi connectivity index (χ3n) is 2.24. The maximum atomic E-state index is 12.2. The number of carbonyl (C=O) groups excluding carboxylic acids is 1. The number of hydrogen-bond donors (Lipinski definition) is 2. The highest BCUT2D eigenvalue weighted by Crippen LogP contribution is 2.28. The number of halogens is 3. The molecule has 3 N–H and O–H groups in total. The minimum Gasteiger partial charge on any atom is -0.405 e. The minimum atomic E-state index is -4.76. The summed E-state index contributed by atoms with van der Waals surface area (Å²) in [4.78, 5) is 10.6. The SMILES string of the molecule is CC(=O)NCCC=Cc1cc(N)ccc1OC(F)(F)F. The molecule has 0 unspecified atom stereocenters. The van der Waals surface area contributed by atoms with Gasteiger partial charge in [0.15, 0.2) is 0 Å². The molecular formula is C13H15F3N2O2. The van der Waals surface area contributed by atoms with Crippen LogP contribution in [-0.2, 0) is 4.79 Å². The predicted molar refractivity (Wildman–Crippen MR) is 69.9 cm³/mol. The molecule has 1 aromatic carbocycles. The zero-order chi connectivity index (χ0) is 15.2. The van der Waals surface area contributed by atoms with Gasteiger partial charge in [-0.2, -0.15) is 0 Å². The lowest BCUT2D eigenvalue weighted by molar-refractivity contribution is -0.274. The second-order valence-corrected chi connectivity index (χ2v) is 4.02. The summed E-state index contributed by atoms with van der Waals surface area (Å²) in [6.07, 6.45) is -1.16. The highest BCUT2D eigenvalue weighted by molar-refractivity contribution is 5.72. The number of alkyl halides is 3. The van der Waals surface area contributed by atoms with Crippen LogP contribution in [0.15, 0.2) is 24.3 Å². The average molecular weight is 288 g/mol. The molecule has 0 radical (unpaired) electrons. The fourth-order valence-electron chi connectivity index (χ4n) is 1.46. The van der Waals surface area contributed by atoms with Crippen molar-refractivity contribution < 1.29 is 22.7 Å². The Labute approximate surface area is 114 Å². The van der Waals surface area contributed by atoms with Crippen molar-refractivity contribution in [2.24, 2.45) is 0 Å². The topological polar surface area (TPSA) is 64.4 Å². The molecule has 20 heavy (non-hydrogen) atoms. The van der Waals surface area contributed by atoms with Crippen LogP contribution >= 0.6 is 0 Å². The van der Waals surface area contributed by atoms with Crippen LogP contribution in [0.5, 0.6) is 5.75 Å². The van der Waals surface area contributed by atoms with Crippen molar-refractivity contribution in [3.63, 3.8) is 0 Å². The molecule has 0 bridgehead atoms. The predicted octanol–water partition coefficient (Wildman–Crippen LogP) is 2.71. The molecule has 0 aliphatic heterocycles. The molecule has 0 aliphatic carbocycles. The number of rotatable bonds is 5. The van der Waals surface area contributed by atoms with Crippen molar-refractivity contribution in [2.75, 3.05) is 12.3 Å². The molecule has 7 heteroatoms. The first-order valence-corrected chi connectivity index (χ1v) is 5.84. The monoisotopic (exact) mass is 288 g/mol. The molecule has 1 rings (SSSR count). The number of benzene rings is 1. The van der Waals surface area contributed by atoms with Gasteiger partial charge in [0.2, 0.25) is 5.91 Å². The number of nitrogen functional groups attached to an aromatic ring is 1. The molecule has 0 saturated carbocycles. The van der Waals surface area contributed by atoms with Crippen LogP contribution in [0.25, 0.3) is 6.08 Å². The molecule has 0 atom stereocenters. The van der Waals surface area contributed by atoms with E-state index in [1.165, 1.54) is 25.1 Å². The van der Waals surface area contributed by atoms with Crippen molar-refractivity contribution in [3.05, 3.63) is 29.8 Å². The highest BCUT2D eigenvalue weighted by Gasteiger charge is 2.31. The second kappa shape index (κ2) is 6.83. The average Bonchev–Trinajstić information content (AvgIpc) is 2.30. The molecule has 1 amide bonds. The van der Waals surface area contributed by atoms with Crippen molar-refractivity contribution in [3.8, 4) is 5.75 Å². The normalized spacial score (nSPS) is 11.6. The fraction of sp³-hybridized carbons (Fsp3) is 0.308. The maximum absolute atomic E-state index is 12.2. The number of ether oxygens (including phenoxy) is 1. The van der Waals surface area contributed by atoms with Crippen molar-refractivity contribution in [2.45, 2.75) is 19.7 Å². The number of nitrogens with two attached hydrogens (primary N) is 1. The van der Waals surface area contributed by atoms with Gasteiger partial charge in [0.05, 0.1) is 0 Å². The summed E-state index contributed by atoms with van der Waals surface area (Å²) >= 11 is 0. The van der Waals surface area contributed by atoms with Crippen molar-refractivity contribution in [1.82, 2.24) is 5.32 Å². The first-order chi connectivity index (χ1) is 9.28. The Kier molecular flexibility index (Phi) is 5.42. The largest absolute Gasteiger partial charge is 0.573 e. The van der Waals surface area contributed by atoms with Crippen LogP contribution in [0.2, 0.25) is 0 Å². The van der Waals surface area contributed by atoms with Gasteiger partial charge in [-0.25, -0.2) is 0 Å². The zero-order valence-corrected chi connectivity index (χ0v) is 10.8. The summed E-state index contributed by atoms with van der Waals surface area (Å²) in [5.74, 6) is -0.481. The van der Waals surface area contributed by atoms with Crippen molar-refractivity contribution in [1.29, 1.82) is 0 Å². The van der Waals surface area contributed by atoms with Gasteiger partial charge in [0.1, 0.15) is 5.75 Å². The van der Waals surface area contributed by atoms with E-state index in [1.807, 2.05) is 0 Å². The Morgan fingerprint density at radius 3 is 2.75 bits per heavy atom. The number of amides is 1. The first kappa shape index (κ1) is 15.9. The number of hydrogen-bond acceptors (Lipinski definition) is 3. The highest BCUT2D eigenvalue weighted by atomic mass is 19.4. The lowest BCUT2D eigenvalue weighted by Crippen LogP contribution is -2.20. The smallest absolute Gasteiger partial charge is 0.405 e. The van der Waals surface area contributed by atoms with E-state index < -0.39 is 6.36 Å². The molecule has 0 fully saturated rings. The molecule has 110 valence electrons. The van der Waals surface area contributed by atoms with Gasteiger partial charge < -0.3 is 15.8 Å². The van der Waals surface area contributed by atoms with Crippen LogP contribution in [-0.4, -0.2) is 18.8 Å². The van der Waals surface area contributed by atoms with Crippen LogP contribution < -0.4 is 15.8 Å². The Hall–Kier alpha value is -2.18. The summed E-state index contributed by atoms with van der Waals surface area (Å²) in [6.45, 7) is 1.79. The Morgan fingerprint density at radius 1 is 1.45 bits per heavy atom. The van der Waals surface area contributed by atoms with Gasteiger partial charge in [-0.1, -0.05) is 12.2 Å². The molecular weight excluding hydrogens is 273 g/mol. The molecule has 0 saturated heterocycles. The summed E-state index contributed by atoms with van der Waals surface area (Å²) in [7, 11) is 0. The molecule has 1 aromatic rings. The summed E-state index contributed by atoms with van der Waals surface area (Å²) in [6, 6.07) is 3.88. The Bertz CT molecular complexity index is 499. The fourth-order valence-corrected chi connectivity index (χ4v) is 1.46. The van der Waals surface area contributed by atoms with E-state index in [4.69, 9.17) is 5.73 Å². The quantitative estimate of drug-likeness (QED) is 0.647. The van der Waals surface area contributed by atoms with Gasteiger partial charge >= 0.3 is 6.36 Å². The van der Waals surface area contributed by atoms with Gasteiger partial charge in [0.25, 0.3) is 0 Å². The van der Waals surface area contributed by atoms with Gasteiger partial charge in [0, 0.05) is 24.7 Å². The van der Waals surface area contributed by atoms with Crippen LogP contribution in [0.3, 0.4) is 0 Å². The Morgan fingerprint density at radius 2 is 2.15 bits per heavy atom. The summed E-state index contributed by atoms with van der Waals surface area (Å²) in [5, 5.41) is 2.57. The lowest BCUT2D eigenvalue weighted by atomic mass is 10.1. The molecule has 0 spiro atoms. The van der Waals surface area contributed by atoms with Gasteiger partial charge in [-0.3, -0.25) is 4.79 Å². The van der Waals surface area contributed by atoms with E-state index in [9.17, 15) is 18.0 Å². The van der Waals surface area contributed by atoms with Gasteiger partial charge in [-0.15, -0.1) is 13.2 Å². The van der Waals surface area contributed by atoms with Crippen LogP contribution in [0.4, 0.5) is 18.9 Å². The molecule has 4 nitrogen and oxygen atoms in total. The lowest BCUT2D eigenvalue weighted by Gasteiger charge is -2.11. The van der Waals surface area contributed by atoms with E-state index in [0.29, 0.717) is 18.7 Å². The van der Waals surface area contributed by atoms with E-state index >= 15 is 0 Å². The number of anilines is 1. The van der Waals surface area contributed by atoms with Crippen LogP contribution in [0.1, 0.15) is 18.9 Å². The van der Waals surface area contributed by atoms with E-state index in [-0.39, 0.29) is 17.2 Å². The first-order valence-electron chi connectivity index (χ1n) is 5.84. The standard InChI is InChI=1S/C13H15F3N2O2/c1-9(19)18-7-3-2-4-10-8-11(17)5-6-12(10)20-13(14,15)16/h2,4-6,8H,3,7,17H2,1H3,(H,18,19). The van der Waals surface area contributed by atoms with E-state index in [1.54, 1.807) is 6.08 Å². The third-order valence-corrected chi connectivity index (χ3v) is 2.24. The number of nitrogens with one attached hydrogen (secondary N) is 1. The summed E-state index contributed by atoms with van der Waals surface area (Å²) in [5.41, 5.74) is 6.09. The zero-order valence-electron chi connectivity index (χ0n) is 10.8. The Balaban J connectivity index is 2.74. The van der Waals surface area contributed by atoms with Crippen LogP contribution in [0, 0.1) is 0 Å².